The normalized spacial score (nSPS) is 12.9. The maximum absolute atomic E-state index is 2.43. The standard InChI is InChI=1S/C54H38N2/c1-3-13-37(14-4-1)38-23-25-39(26-24-38)40-27-31-44(32-28-40)55-51-21-11-8-18-46(51)48-35-42(29-33-53(48)55)43-30-34-54-49(36-43)47-19-9-12-22-52(47)56(54)50-20-10-7-17-45(50)41-15-5-2-6-16-41/h1-3,5-13,15-36H,4,14H2. The van der Waals surface area contributed by atoms with E-state index in [9.17, 15) is 0 Å². The monoisotopic (exact) mass is 714 g/mol. The molecule has 2 nitrogen and oxygen atoms in total. The maximum Gasteiger partial charge on any atom is 0.0541 e. The van der Waals surface area contributed by atoms with Crippen LogP contribution in [0.25, 0.3) is 93.9 Å². The minimum atomic E-state index is 1.11. The van der Waals surface area contributed by atoms with Gasteiger partial charge in [-0.3, -0.25) is 0 Å². The molecule has 10 aromatic rings. The van der Waals surface area contributed by atoms with E-state index in [2.05, 4.69) is 215 Å². The highest BCUT2D eigenvalue weighted by Gasteiger charge is 2.18. The second kappa shape index (κ2) is 13.3. The quantitative estimate of drug-likeness (QED) is 0.162. The van der Waals surface area contributed by atoms with Gasteiger partial charge in [0.1, 0.15) is 0 Å². The van der Waals surface area contributed by atoms with E-state index in [0.29, 0.717) is 0 Å². The minimum Gasteiger partial charge on any atom is -0.309 e. The lowest BCUT2D eigenvalue weighted by molar-refractivity contribution is 1.05. The largest absolute Gasteiger partial charge is 0.309 e. The van der Waals surface area contributed by atoms with Gasteiger partial charge in [0.25, 0.3) is 0 Å². The molecule has 0 saturated heterocycles. The summed E-state index contributed by atoms with van der Waals surface area (Å²) in [6.07, 6.45) is 8.88. The minimum absolute atomic E-state index is 1.11. The Morgan fingerprint density at radius 2 is 0.875 bits per heavy atom. The summed E-state index contributed by atoms with van der Waals surface area (Å²) in [6.45, 7) is 0. The fourth-order valence-corrected chi connectivity index (χ4v) is 8.90. The summed E-state index contributed by atoms with van der Waals surface area (Å²) in [5.74, 6) is 0. The molecule has 0 unspecified atom stereocenters. The number of benzene rings is 8. The summed E-state index contributed by atoms with van der Waals surface area (Å²) < 4.78 is 4.84. The number of hydrogen-bond acceptors (Lipinski definition) is 0. The lowest BCUT2D eigenvalue weighted by atomic mass is 9.95. The molecule has 56 heavy (non-hydrogen) atoms. The zero-order valence-electron chi connectivity index (χ0n) is 30.9. The van der Waals surface area contributed by atoms with Gasteiger partial charge in [0.15, 0.2) is 0 Å². The topological polar surface area (TPSA) is 9.86 Å². The van der Waals surface area contributed by atoms with Crippen molar-refractivity contribution < 1.29 is 0 Å². The van der Waals surface area contributed by atoms with Gasteiger partial charge in [0, 0.05) is 32.8 Å². The molecule has 0 amide bonds. The first kappa shape index (κ1) is 32.3. The van der Waals surface area contributed by atoms with Crippen LogP contribution in [0.4, 0.5) is 0 Å². The highest BCUT2D eigenvalue weighted by atomic mass is 15.0. The lowest BCUT2D eigenvalue weighted by Crippen LogP contribution is -1.97. The predicted octanol–water partition coefficient (Wildman–Crippen LogP) is 14.6. The van der Waals surface area contributed by atoms with Crippen molar-refractivity contribution in [3.8, 4) is 44.8 Å². The second-order valence-electron chi connectivity index (χ2n) is 14.8. The number of para-hydroxylation sites is 3. The van der Waals surface area contributed by atoms with Crippen LogP contribution in [-0.4, -0.2) is 9.13 Å². The number of rotatable bonds is 6. The van der Waals surface area contributed by atoms with Gasteiger partial charge in [-0.25, -0.2) is 0 Å². The zero-order valence-corrected chi connectivity index (χ0v) is 30.9. The third-order valence-corrected chi connectivity index (χ3v) is 11.6. The summed E-state index contributed by atoms with van der Waals surface area (Å²) in [7, 11) is 0. The molecule has 2 aromatic heterocycles. The van der Waals surface area contributed by atoms with E-state index in [1.54, 1.807) is 0 Å². The van der Waals surface area contributed by atoms with Gasteiger partial charge in [0.2, 0.25) is 0 Å². The molecule has 2 heteroatoms. The van der Waals surface area contributed by atoms with Crippen LogP contribution >= 0.6 is 0 Å². The van der Waals surface area contributed by atoms with Crippen LogP contribution in [0.3, 0.4) is 0 Å². The molecule has 0 fully saturated rings. The van der Waals surface area contributed by atoms with E-state index in [4.69, 9.17) is 0 Å². The second-order valence-corrected chi connectivity index (χ2v) is 14.8. The molecule has 0 radical (unpaired) electrons. The van der Waals surface area contributed by atoms with Crippen LogP contribution in [0.1, 0.15) is 18.4 Å². The number of aromatic nitrogens is 2. The Kier molecular flexibility index (Phi) is 7.67. The summed E-state index contributed by atoms with van der Waals surface area (Å²) >= 11 is 0. The van der Waals surface area contributed by atoms with Gasteiger partial charge in [-0.2, -0.15) is 0 Å². The Labute approximate surface area is 326 Å². The molecule has 1 aliphatic rings. The van der Waals surface area contributed by atoms with Crippen molar-refractivity contribution in [3.05, 3.63) is 212 Å². The Morgan fingerprint density at radius 3 is 1.54 bits per heavy atom. The number of allylic oxidation sites excluding steroid dienone is 4. The Balaban J connectivity index is 0.990. The first-order valence-electron chi connectivity index (χ1n) is 19.6. The van der Waals surface area contributed by atoms with E-state index in [0.717, 1.165) is 18.5 Å². The van der Waals surface area contributed by atoms with E-state index in [1.165, 1.54) is 93.8 Å². The Morgan fingerprint density at radius 1 is 0.357 bits per heavy atom. The fourth-order valence-electron chi connectivity index (χ4n) is 8.90. The molecular formula is C54H38N2. The van der Waals surface area contributed by atoms with E-state index < -0.39 is 0 Å². The van der Waals surface area contributed by atoms with Crippen molar-refractivity contribution in [2.45, 2.75) is 12.8 Å². The van der Waals surface area contributed by atoms with Gasteiger partial charge in [-0.05, 0) is 106 Å². The van der Waals surface area contributed by atoms with Crippen molar-refractivity contribution in [2.24, 2.45) is 0 Å². The van der Waals surface area contributed by atoms with Crippen LogP contribution in [0.5, 0.6) is 0 Å². The van der Waals surface area contributed by atoms with Crippen LogP contribution in [0.15, 0.2) is 206 Å². The molecule has 0 spiro atoms. The summed E-state index contributed by atoms with van der Waals surface area (Å²) in [5, 5.41) is 5.01. The highest BCUT2D eigenvalue weighted by molar-refractivity contribution is 6.13. The molecular weight excluding hydrogens is 677 g/mol. The van der Waals surface area contributed by atoms with Crippen molar-refractivity contribution in [1.29, 1.82) is 0 Å². The average molecular weight is 715 g/mol. The molecule has 0 bridgehead atoms. The van der Waals surface area contributed by atoms with E-state index in [1.807, 2.05) is 0 Å². The van der Waals surface area contributed by atoms with Gasteiger partial charge in [-0.15, -0.1) is 0 Å². The molecule has 0 aliphatic heterocycles. The maximum atomic E-state index is 2.43. The number of nitrogens with zero attached hydrogens (tertiary/aromatic N) is 2. The third-order valence-electron chi connectivity index (χ3n) is 11.6. The first-order chi connectivity index (χ1) is 27.8. The fraction of sp³-hybridized carbons (Fsp3) is 0.0370. The van der Waals surface area contributed by atoms with Gasteiger partial charge in [-0.1, -0.05) is 152 Å². The number of hydrogen-bond donors (Lipinski definition) is 0. The predicted molar refractivity (Wildman–Crippen MR) is 238 cm³/mol. The van der Waals surface area contributed by atoms with Gasteiger partial charge >= 0.3 is 0 Å². The third kappa shape index (κ3) is 5.33. The van der Waals surface area contributed by atoms with Crippen LogP contribution in [0, 0.1) is 0 Å². The molecule has 2 heterocycles. The van der Waals surface area contributed by atoms with Gasteiger partial charge in [0.05, 0.1) is 27.8 Å². The summed E-state index contributed by atoms with van der Waals surface area (Å²) in [4.78, 5) is 0. The van der Waals surface area contributed by atoms with Crippen LogP contribution in [-0.2, 0) is 0 Å². The molecule has 0 saturated carbocycles. The SMILES string of the molecule is C1=CCCC(c2ccc(-c3ccc(-n4c5ccccc5c5cc(-c6ccc7c(c6)c6ccccc6n7-c6ccccc6-c6ccccc6)ccc54)cc3)cc2)=C1. The van der Waals surface area contributed by atoms with Crippen molar-refractivity contribution in [2.75, 3.05) is 0 Å². The molecule has 8 aromatic carbocycles. The van der Waals surface area contributed by atoms with Crippen LogP contribution in [0.2, 0.25) is 0 Å². The molecule has 1 aliphatic carbocycles. The first-order valence-corrected chi connectivity index (χ1v) is 19.6. The molecule has 11 rings (SSSR count). The zero-order chi connectivity index (χ0) is 37.0. The molecule has 0 atom stereocenters. The molecule has 0 N–H and O–H groups in total. The number of fused-ring (bicyclic) bond motifs is 6. The van der Waals surface area contributed by atoms with E-state index in [-0.39, 0.29) is 0 Å². The van der Waals surface area contributed by atoms with Crippen molar-refractivity contribution in [3.63, 3.8) is 0 Å². The summed E-state index contributed by atoms with van der Waals surface area (Å²) in [6, 6.07) is 69.1. The van der Waals surface area contributed by atoms with Crippen molar-refractivity contribution in [1.82, 2.24) is 9.13 Å². The average Bonchev–Trinajstić information content (AvgIpc) is 3.79. The van der Waals surface area contributed by atoms with Crippen LogP contribution < -0.4 is 0 Å². The highest BCUT2D eigenvalue weighted by Crippen LogP contribution is 2.40. The van der Waals surface area contributed by atoms with Crippen molar-refractivity contribution >= 4 is 49.2 Å². The Bertz CT molecular complexity index is 3150. The Hall–Kier alpha value is -7.16. The van der Waals surface area contributed by atoms with E-state index >= 15 is 0 Å². The smallest absolute Gasteiger partial charge is 0.0541 e. The lowest BCUT2D eigenvalue weighted by Gasteiger charge is -2.14. The van der Waals surface area contributed by atoms with Gasteiger partial charge < -0.3 is 9.13 Å². The molecule has 264 valence electrons. The summed E-state index contributed by atoms with van der Waals surface area (Å²) in [5.41, 5.74) is 17.2.